The van der Waals surface area contributed by atoms with Gasteiger partial charge < -0.3 is 10.2 Å². The third-order valence-electron chi connectivity index (χ3n) is 7.27. The Morgan fingerprint density at radius 3 is 2.66 bits per heavy atom. The lowest BCUT2D eigenvalue weighted by Crippen LogP contribution is -2.44. The average Bonchev–Trinajstić information content (AvgIpc) is 3.24. The number of likely N-dealkylation sites (tertiary alicyclic amines) is 1. The van der Waals surface area contributed by atoms with Crippen molar-refractivity contribution in [2.45, 2.75) is 49.3 Å². The quantitative estimate of drug-likeness (QED) is 0.516. The zero-order valence-corrected chi connectivity index (χ0v) is 21.6. The smallest absolute Gasteiger partial charge is 0.252 e. The first-order valence-electron chi connectivity index (χ1n) is 12.0. The molecule has 0 saturated carbocycles. The molecule has 3 aromatic heterocycles. The van der Waals surface area contributed by atoms with E-state index in [9.17, 15) is 14.4 Å². The summed E-state index contributed by atoms with van der Waals surface area (Å²) in [6.45, 7) is 3.85. The molecule has 0 aromatic carbocycles. The second-order valence-corrected chi connectivity index (χ2v) is 11.4. The van der Waals surface area contributed by atoms with E-state index in [-0.39, 0.29) is 22.9 Å². The summed E-state index contributed by atoms with van der Waals surface area (Å²) >= 11 is 5.22. The maximum absolute atomic E-state index is 12.7. The number of Topliss-reactive ketones (excluding diaryl/α,β-unsaturated/α-hetero) is 1. The van der Waals surface area contributed by atoms with Gasteiger partial charge in [-0.2, -0.15) is 0 Å². The lowest BCUT2D eigenvalue weighted by Gasteiger charge is -2.34. The lowest BCUT2D eigenvalue weighted by molar-refractivity contribution is -0.116. The van der Waals surface area contributed by atoms with E-state index in [1.807, 2.05) is 4.57 Å². The monoisotopic (exact) mass is 555 g/mol. The number of fused-ring (bicyclic) bond motifs is 1. The molecule has 3 aliphatic heterocycles. The number of ketones is 1. The van der Waals surface area contributed by atoms with Crippen LogP contribution < -0.4 is 16.4 Å². The fourth-order valence-corrected chi connectivity index (χ4v) is 6.99. The average molecular weight is 556 g/mol. The van der Waals surface area contributed by atoms with Crippen LogP contribution in [0.3, 0.4) is 0 Å². The normalized spacial score (nSPS) is 20.5. The molecule has 0 spiro atoms. The third kappa shape index (κ3) is 4.41. The molecule has 1 saturated heterocycles. The summed E-state index contributed by atoms with van der Waals surface area (Å²) in [6.07, 6.45) is 2.44. The highest BCUT2D eigenvalue weighted by Gasteiger charge is 2.29. The molecule has 1 atom stereocenters. The van der Waals surface area contributed by atoms with Gasteiger partial charge in [0.15, 0.2) is 0 Å². The standard InChI is InChI=1S/C25H26BrN5O3S/c26-19-10-22-20(9-18(32)14-35-22)28-21(19)11-27-16-5-7-29(8-6-16)12-17-13-30-23(33)3-1-15-2-4-24(34)31(17)25(15)30/h1-4,10,16-17,27H,5-9,11-14H2. The van der Waals surface area contributed by atoms with E-state index in [2.05, 4.69) is 32.2 Å². The maximum atomic E-state index is 12.7. The number of carbonyl (C=O) groups excluding carboxylic acids is 1. The molecule has 0 radical (unpaired) electrons. The van der Waals surface area contributed by atoms with Crippen LogP contribution in [0.1, 0.15) is 30.3 Å². The number of hydrogen-bond donors (Lipinski definition) is 1. The lowest BCUT2D eigenvalue weighted by atomic mass is 10.0. The summed E-state index contributed by atoms with van der Waals surface area (Å²) in [7, 11) is 0. The van der Waals surface area contributed by atoms with E-state index in [1.54, 1.807) is 40.6 Å². The van der Waals surface area contributed by atoms with E-state index in [4.69, 9.17) is 4.98 Å². The topological polar surface area (TPSA) is 89.2 Å². The van der Waals surface area contributed by atoms with Gasteiger partial charge in [0.05, 0.1) is 29.6 Å². The Morgan fingerprint density at radius 1 is 1.09 bits per heavy atom. The first kappa shape index (κ1) is 23.1. The summed E-state index contributed by atoms with van der Waals surface area (Å²) < 4.78 is 4.54. The summed E-state index contributed by atoms with van der Waals surface area (Å²) in [5.41, 5.74) is 2.49. The highest BCUT2D eigenvalue weighted by molar-refractivity contribution is 9.10. The Hall–Kier alpha value is -2.27. The van der Waals surface area contributed by atoms with Gasteiger partial charge in [-0.15, -0.1) is 11.8 Å². The SMILES string of the molecule is O=C1CSc2cc(Br)c(CNC3CCN(CC4Cn5c(=O)ccc6ccc(=O)n4c65)CC3)nc2C1. The number of nitrogens with one attached hydrogen (secondary N) is 1. The molecule has 1 unspecified atom stereocenters. The van der Waals surface area contributed by atoms with Crippen LogP contribution in [-0.4, -0.2) is 56.2 Å². The summed E-state index contributed by atoms with van der Waals surface area (Å²) in [6, 6.07) is 9.25. The van der Waals surface area contributed by atoms with Gasteiger partial charge in [-0.3, -0.25) is 28.5 Å². The van der Waals surface area contributed by atoms with Gasteiger partial charge in [-0.1, -0.05) is 0 Å². The molecule has 8 nitrogen and oxygen atoms in total. The summed E-state index contributed by atoms with van der Waals surface area (Å²) in [5.74, 6) is 0.766. The number of pyridine rings is 3. The zero-order valence-electron chi connectivity index (χ0n) is 19.2. The molecule has 3 aliphatic rings. The van der Waals surface area contributed by atoms with Crippen LogP contribution >= 0.6 is 27.7 Å². The van der Waals surface area contributed by atoms with Crippen LogP contribution in [0.4, 0.5) is 0 Å². The molecule has 182 valence electrons. The fraction of sp³-hybridized carbons (Fsp3) is 0.440. The van der Waals surface area contributed by atoms with Crippen molar-refractivity contribution in [2.75, 3.05) is 25.4 Å². The number of thioether (sulfide) groups is 1. The highest BCUT2D eigenvalue weighted by Crippen LogP contribution is 2.31. The molecular formula is C25H26BrN5O3S. The Morgan fingerprint density at radius 2 is 1.86 bits per heavy atom. The second kappa shape index (κ2) is 9.31. The molecule has 1 N–H and O–H groups in total. The predicted octanol–water partition coefficient (Wildman–Crippen LogP) is 2.35. The van der Waals surface area contributed by atoms with Crippen molar-refractivity contribution in [3.63, 3.8) is 0 Å². The second-order valence-electron chi connectivity index (χ2n) is 9.58. The first-order valence-corrected chi connectivity index (χ1v) is 13.8. The van der Waals surface area contributed by atoms with Crippen LogP contribution in [-0.2, 0) is 24.3 Å². The van der Waals surface area contributed by atoms with Crippen LogP contribution in [0.25, 0.3) is 11.0 Å². The van der Waals surface area contributed by atoms with Crippen molar-refractivity contribution in [2.24, 2.45) is 0 Å². The highest BCUT2D eigenvalue weighted by atomic mass is 79.9. The van der Waals surface area contributed by atoms with Crippen molar-refractivity contribution in [1.29, 1.82) is 0 Å². The molecule has 35 heavy (non-hydrogen) atoms. The molecule has 6 rings (SSSR count). The van der Waals surface area contributed by atoms with Gasteiger partial charge in [0.25, 0.3) is 11.1 Å². The molecule has 0 amide bonds. The largest absolute Gasteiger partial charge is 0.308 e. The summed E-state index contributed by atoms with van der Waals surface area (Å²) in [5, 5.41) is 4.58. The van der Waals surface area contributed by atoms with Crippen molar-refractivity contribution < 1.29 is 4.79 Å². The number of nitrogens with zero attached hydrogens (tertiary/aromatic N) is 4. The fourth-order valence-electron chi connectivity index (χ4n) is 5.48. The number of aromatic nitrogens is 3. The molecule has 3 aromatic rings. The Labute approximate surface area is 214 Å². The Bertz CT molecular complexity index is 1440. The zero-order chi connectivity index (χ0) is 24.1. The van der Waals surface area contributed by atoms with Crippen LogP contribution in [0, 0.1) is 0 Å². The van der Waals surface area contributed by atoms with E-state index >= 15 is 0 Å². The Balaban J connectivity index is 1.07. The van der Waals surface area contributed by atoms with Crippen LogP contribution in [0.15, 0.2) is 49.3 Å². The number of rotatable bonds is 5. The minimum atomic E-state index is -0.0489. The minimum Gasteiger partial charge on any atom is -0.308 e. The molecule has 0 aliphatic carbocycles. The van der Waals surface area contributed by atoms with E-state index in [1.165, 1.54) is 0 Å². The molecular weight excluding hydrogens is 530 g/mol. The van der Waals surface area contributed by atoms with Crippen molar-refractivity contribution in [3.05, 3.63) is 66.9 Å². The van der Waals surface area contributed by atoms with Gasteiger partial charge in [0.2, 0.25) is 0 Å². The van der Waals surface area contributed by atoms with E-state index in [0.29, 0.717) is 31.3 Å². The summed E-state index contributed by atoms with van der Waals surface area (Å²) in [4.78, 5) is 45.1. The van der Waals surface area contributed by atoms with Gasteiger partial charge >= 0.3 is 0 Å². The molecule has 1 fully saturated rings. The van der Waals surface area contributed by atoms with Crippen molar-refractivity contribution >= 4 is 44.5 Å². The van der Waals surface area contributed by atoms with Crippen molar-refractivity contribution in [1.82, 2.24) is 24.3 Å². The predicted molar refractivity (Wildman–Crippen MR) is 139 cm³/mol. The number of carbonyl (C=O) groups is 1. The van der Waals surface area contributed by atoms with Gasteiger partial charge in [-0.05, 0) is 60.1 Å². The van der Waals surface area contributed by atoms with Crippen LogP contribution in [0.2, 0.25) is 0 Å². The van der Waals surface area contributed by atoms with E-state index < -0.39 is 0 Å². The Kier molecular flexibility index (Phi) is 6.16. The maximum Gasteiger partial charge on any atom is 0.252 e. The van der Waals surface area contributed by atoms with Gasteiger partial charge in [0, 0.05) is 52.6 Å². The molecule has 0 bridgehead atoms. The van der Waals surface area contributed by atoms with Crippen LogP contribution in [0.5, 0.6) is 0 Å². The van der Waals surface area contributed by atoms with E-state index in [0.717, 1.165) is 64.3 Å². The minimum absolute atomic E-state index is 0.0259. The van der Waals surface area contributed by atoms with Gasteiger partial charge in [-0.25, -0.2) is 0 Å². The third-order valence-corrected chi connectivity index (χ3v) is 9.09. The first-order chi connectivity index (χ1) is 17.0. The number of halogens is 1. The molecule has 6 heterocycles. The van der Waals surface area contributed by atoms with Crippen molar-refractivity contribution in [3.8, 4) is 0 Å². The number of hydrogen-bond acceptors (Lipinski definition) is 7. The van der Waals surface area contributed by atoms with Gasteiger partial charge in [0.1, 0.15) is 11.4 Å². The molecule has 10 heteroatoms. The number of piperidine rings is 1.